The van der Waals surface area contributed by atoms with Gasteiger partial charge in [-0.05, 0) is 70.5 Å². The summed E-state index contributed by atoms with van der Waals surface area (Å²) in [6, 6.07) is 24.1. The van der Waals surface area contributed by atoms with Crippen LogP contribution in [0.2, 0.25) is 0 Å². The van der Waals surface area contributed by atoms with Gasteiger partial charge in [-0.25, -0.2) is 4.57 Å². The Morgan fingerprint density at radius 3 is 2.29 bits per heavy atom. The normalized spacial score (nSPS) is 12.1. The summed E-state index contributed by atoms with van der Waals surface area (Å²) in [5.74, 6) is 1.03. The smallest absolute Gasteiger partial charge is 0.200 e. The van der Waals surface area contributed by atoms with E-state index < -0.39 is 0 Å². The van der Waals surface area contributed by atoms with Gasteiger partial charge in [-0.15, -0.1) is 0 Å². The number of hydrogen-bond donors (Lipinski definition) is 0. The molecule has 0 aliphatic rings. The van der Waals surface area contributed by atoms with Gasteiger partial charge >= 0.3 is 0 Å². The van der Waals surface area contributed by atoms with Crippen LogP contribution in [0.5, 0.6) is 0 Å². The maximum Gasteiger partial charge on any atom is 0.220 e. The molecule has 4 rings (SSSR count). The Bertz CT molecular complexity index is 1270. The van der Waals surface area contributed by atoms with Crippen LogP contribution in [0.15, 0.2) is 72.9 Å². The number of rotatable bonds is 5. The topological polar surface area (TPSA) is 3.88 Å². The minimum atomic E-state index is 0.422. The Morgan fingerprint density at radius 1 is 0.871 bits per heavy atom. The van der Waals surface area contributed by atoms with Crippen molar-refractivity contribution in [2.75, 3.05) is 0 Å². The molecule has 0 spiro atoms. The van der Waals surface area contributed by atoms with Gasteiger partial charge in [-0.3, -0.25) is 0 Å². The lowest BCUT2D eigenvalue weighted by Crippen LogP contribution is -2.31. The van der Waals surface area contributed by atoms with Gasteiger partial charge in [0.05, 0.1) is 10.9 Å². The van der Waals surface area contributed by atoms with Crippen LogP contribution in [0, 0.1) is 12.8 Å². The molecule has 0 atom stereocenters. The molecule has 0 saturated heterocycles. The Kier molecular flexibility index (Phi) is 5.59. The molecular weight excluding hydrogens is 374 g/mol. The lowest BCUT2D eigenvalue weighted by molar-refractivity contribution is -0.659. The highest BCUT2D eigenvalue weighted by molar-refractivity contribution is 5.95. The first kappa shape index (κ1) is 20.0. The maximum atomic E-state index is 8.69. The SMILES string of the molecule is [2H]c1cc2cc(CC(C)C)ccc2c(-c2cc(-c3ccccc3)cc(C(C)C)c2C)[n+]1C. The van der Waals surface area contributed by atoms with Crippen LogP contribution in [0.1, 0.15) is 51.7 Å². The Hall–Kier alpha value is -2.93. The van der Waals surface area contributed by atoms with Crippen LogP contribution in [0.4, 0.5) is 0 Å². The van der Waals surface area contributed by atoms with Crippen molar-refractivity contribution in [3.63, 3.8) is 0 Å². The molecule has 1 heteroatoms. The lowest BCUT2D eigenvalue weighted by Gasteiger charge is -2.17. The fourth-order valence-corrected chi connectivity index (χ4v) is 4.66. The van der Waals surface area contributed by atoms with Crippen LogP contribution in [-0.4, -0.2) is 0 Å². The van der Waals surface area contributed by atoms with Crippen molar-refractivity contribution in [2.24, 2.45) is 13.0 Å². The molecule has 3 aromatic carbocycles. The van der Waals surface area contributed by atoms with Gasteiger partial charge in [0.1, 0.15) is 8.42 Å². The number of hydrogen-bond acceptors (Lipinski definition) is 0. The van der Waals surface area contributed by atoms with Crippen LogP contribution < -0.4 is 4.57 Å². The lowest BCUT2D eigenvalue weighted by atomic mass is 9.87. The number of fused-ring (bicyclic) bond motifs is 1. The van der Waals surface area contributed by atoms with Crippen LogP contribution in [0.3, 0.4) is 0 Å². The fraction of sp³-hybridized carbons (Fsp3) is 0.300. The first-order valence-corrected chi connectivity index (χ1v) is 11.4. The van der Waals surface area contributed by atoms with Crippen molar-refractivity contribution in [3.8, 4) is 22.4 Å². The summed E-state index contributed by atoms with van der Waals surface area (Å²) in [6.45, 7) is 11.3. The van der Waals surface area contributed by atoms with Gasteiger partial charge in [0.2, 0.25) is 5.69 Å². The van der Waals surface area contributed by atoms with Gasteiger partial charge < -0.3 is 0 Å². The zero-order chi connectivity index (χ0) is 23.0. The summed E-state index contributed by atoms with van der Waals surface area (Å²) in [5, 5.41) is 2.36. The zero-order valence-corrected chi connectivity index (χ0v) is 19.7. The van der Waals surface area contributed by atoms with E-state index in [9.17, 15) is 0 Å². The molecule has 4 aromatic rings. The summed E-state index contributed by atoms with van der Waals surface area (Å²) in [7, 11) is 2.02. The molecule has 0 radical (unpaired) electrons. The average molecular weight is 410 g/mol. The van der Waals surface area contributed by atoms with E-state index in [2.05, 4.69) is 95.3 Å². The van der Waals surface area contributed by atoms with Gasteiger partial charge in [0.15, 0.2) is 6.17 Å². The molecule has 0 aliphatic carbocycles. The minimum absolute atomic E-state index is 0.422. The third-order valence-electron chi connectivity index (χ3n) is 6.20. The molecule has 0 bridgehead atoms. The minimum Gasteiger partial charge on any atom is -0.200 e. The standard InChI is InChI=1S/C30H34N/c1-20(2)16-23-12-13-27-25(17-23)14-15-31(6)30(27)29-19-26(24-10-8-7-9-11-24)18-28(21(3)4)22(29)5/h7-15,17-21H,16H2,1-6H3/q+1/i15D. The maximum absolute atomic E-state index is 8.69. The molecule has 1 nitrogen and oxygen atoms in total. The second-order valence-corrected chi connectivity index (χ2v) is 9.46. The Balaban J connectivity index is 2.03. The predicted molar refractivity (Wildman–Crippen MR) is 133 cm³/mol. The van der Waals surface area contributed by atoms with E-state index in [1.165, 1.54) is 38.8 Å². The highest BCUT2D eigenvalue weighted by Gasteiger charge is 2.21. The molecule has 31 heavy (non-hydrogen) atoms. The van der Waals surface area contributed by atoms with Gasteiger partial charge in [-0.1, -0.05) is 76.2 Å². The van der Waals surface area contributed by atoms with Crippen LogP contribution >= 0.6 is 0 Å². The van der Waals surface area contributed by atoms with Crippen molar-refractivity contribution in [1.29, 1.82) is 0 Å². The Morgan fingerprint density at radius 2 is 1.61 bits per heavy atom. The van der Waals surface area contributed by atoms with E-state index in [0.717, 1.165) is 17.5 Å². The molecule has 0 N–H and O–H groups in total. The first-order valence-electron chi connectivity index (χ1n) is 11.9. The van der Waals surface area contributed by atoms with E-state index in [1.54, 1.807) is 0 Å². The summed E-state index contributed by atoms with van der Waals surface area (Å²) in [6.07, 6.45) is 1.59. The van der Waals surface area contributed by atoms with Crippen molar-refractivity contribution in [3.05, 3.63) is 89.6 Å². The highest BCUT2D eigenvalue weighted by atomic mass is 14.9. The second-order valence-electron chi connectivity index (χ2n) is 9.46. The molecule has 1 heterocycles. The molecule has 0 fully saturated rings. The van der Waals surface area contributed by atoms with Crippen molar-refractivity contribution in [2.45, 2.75) is 47.0 Å². The van der Waals surface area contributed by atoms with Crippen LogP contribution in [-0.2, 0) is 13.5 Å². The molecule has 0 aliphatic heterocycles. The molecule has 1 aromatic heterocycles. The largest absolute Gasteiger partial charge is 0.220 e. The number of aromatic nitrogens is 1. The monoisotopic (exact) mass is 409 g/mol. The van der Waals surface area contributed by atoms with E-state index in [4.69, 9.17) is 1.37 Å². The molecule has 0 saturated carbocycles. The van der Waals surface area contributed by atoms with E-state index in [-0.39, 0.29) is 0 Å². The summed E-state index contributed by atoms with van der Waals surface area (Å²) in [5.41, 5.74) is 8.80. The zero-order valence-electron chi connectivity index (χ0n) is 20.7. The van der Waals surface area contributed by atoms with Gasteiger partial charge in [0.25, 0.3) is 0 Å². The third kappa shape index (κ3) is 4.28. The Labute approximate surface area is 188 Å². The molecule has 0 unspecified atom stereocenters. The summed E-state index contributed by atoms with van der Waals surface area (Å²) in [4.78, 5) is 0. The summed E-state index contributed by atoms with van der Waals surface area (Å²) >= 11 is 0. The van der Waals surface area contributed by atoms with Crippen molar-refractivity contribution in [1.82, 2.24) is 0 Å². The van der Waals surface area contributed by atoms with E-state index >= 15 is 0 Å². The van der Waals surface area contributed by atoms with E-state index in [1.807, 2.05) is 17.7 Å². The summed E-state index contributed by atoms with van der Waals surface area (Å²) < 4.78 is 10.7. The van der Waals surface area contributed by atoms with Gasteiger partial charge in [-0.2, -0.15) is 0 Å². The van der Waals surface area contributed by atoms with Crippen molar-refractivity contribution >= 4 is 10.8 Å². The van der Waals surface area contributed by atoms with Crippen molar-refractivity contribution < 1.29 is 5.94 Å². The fourth-order valence-electron chi connectivity index (χ4n) is 4.66. The quantitative estimate of drug-likeness (QED) is 0.298. The predicted octanol–water partition coefficient (Wildman–Crippen LogP) is 7.63. The number of nitrogens with zero attached hydrogens (tertiary/aromatic N) is 1. The first-order chi connectivity index (χ1) is 15.3. The van der Waals surface area contributed by atoms with E-state index in [0.29, 0.717) is 18.0 Å². The highest BCUT2D eigenvalue weighted by Crippen LogP contribution is 2.36. The second kappa shape index (κ2) is 8.67. The van der Waals surface area contributed by atoms with Crippen LogP contribution in [0.25, 0.3) is 33.2 Å². The average Bonchev–Trinajstić information content (AvgIpc) is 2.75. The number of benzene rings is 3. The molecular formula is C30H34N+. The number of pyridine rings is 1. The molecule has 158 valence electrons. The molecule has 0 amide bonds. The van der Waals surface area contributed by atoms with Gasteiger partial charge in [0, 0.05) is 6.07 Å². The third-order valence-corrected chi connectivity index (χ3v) is 6.20.